The number of benzene rings is 2. The predicted octanol–water partition coefficient (Wildman–Crippen LogP) is 3.31. The van der Waals surface area contributed by atoms with Crippen LogP contribution in [0.15, 0.2) is 54.7 Å². The summed E-state index contributed by atoms with van der Waals surface area (Å²) in [7, 11) is 3.23. The molecule has 2 heterocycles. The van der Waals surface area contributed by atoms with E-state index in [0.717, 1.165) is 35.8 Å². The molecule has 0 spiro atoms. The Hall–Kier alpha value is -3.89. The summed E-state index contributed by atoms with van der Waals surface area (Å²) >= 11 is 0. The molecule has 1 aliphatic heterocycles. The number of imidazole rings is 1. The van der Waals surface area contributed by atoms with Gasteiger partial charge in [-0.15, -0.1) is 0 Å². The molecule has 10 nitrogen and oxygen atoms in total. The van der Waals surface area contributed by atoms with Gasteiger partial charge < -0.3 is 19.1 Å². The number of methoxy groups -OCH3 is 2. The molecule has 208 valence electrons. The normalized spacial score (nSPS) is 13.8. The van der Waals surface area contributed by atoms with Gasteiger partial charge in [0.05, 0.1) is 39.7 Å². The SMILES string of the molecule is COc1ccc(-c2cn(-c3ccc(OC)cc3)c(NC(=O)CN(CCN3CCOCC3)C(=O)C(C)C)n2)cc1. The van der Waals surface area contributed by atoms with Crippen molar-refractivity contribution in [3.05, 3.63) is 54.7 Å². The lowest BCUT2D eigenvalue weighted by atomic mass is 10.1. The average Bonchev–Trinajstić information content (AvgIpc) is 3.38. The Kier molecular flexibility index (Phi) is 9.56. The van der Waals surface area contributed by atoms with E-state index in [-0.39, 0.29) is 24.3 Å². The molecule has 0 unspecified atom stereocenters. The third-order valence-electron chi connectivity index (χ3n) is 6.62. The maximum atomic E-state index is 13.3. The lowest BCUT2D eigenvalue weighted by molar-refractivity contribution is -0.137. The monoisotopic (exact) mass is 535 g/mol. The van der Waals surface area contributed by atoms with Crippen LogP contribution in [0.4, 0.5) is 5.95 Å². The van der Waals surface area contributed by atoms with Crippen molar-refractivity contribution in [2.45, 2.75) is 13.8 Å². The number of hydrogen-bond donors (Lipinski definition) is 1. The minimum absolute atomic E-state index is 0.0594. The largest absolute Gasteiger partial charge is 0.497 e. The van der Waals surface area contributed by atoms with Crippen LogP contribution >= 0.6 is 0 Å². The van der Waals surface area contributed by atoms with Gasteiger partial charge in [0.2, 0.25) is 17.8 Å². The number of ether oxygens (including phenoxy) is 3. The second kappa shape index (κ2) is 13.3. The zero-order valence-electron chi connectivity index (χ0n) is 23.1. The van der Waals surface area contributed by atoms with Crippen molar-refractivity contribution in [1.29, 1.82) is 0 Å². The summed E-state index contributed by atoms with van der Waals surface area (Å²) in [4.78, 5) is 34.8. The molecule has 3 aromatic rings. The number of amides is 2. The van der Waals surface area contributed by atoms with E-state index >= 15 is 0 Å². The molecule has 1 aromatic heterocycles. The summed E-state index contributed by atoms with van der Waals surface area (Å²) < 4.78 is 17.8. The Morgan fingerprint density at radius 2 is 1.62 bits per heavy atom. The lowest BCUT2D eigenvalue weighted by Crippen LogP contribution is -2.46. The second-order valence-corrected chi connectivity index (χ2v) is 9.66. The number of aromatic nitrogens is 2. The van der Waals surface area contributed by atoms with Gasteiger partial charge in [0.15, 0.2) is 0 Å². The van der Waals surface area contributed by atoms with Crippen molar-refractivity contribution in [3.8, 4) is 28.4 Å². The van der Waals surface area contributed by atoms with Crippen LogP contribution in [0.2, 0.25) is 0 Å². The number of nitrogens with one attached hydrogen (secondary N) is 1. The number of nitrogens with zero attached hydrogens (tertiary/aromatic N) is 4. The molecule has 1 N–H and O–H groups in total. The van der Waals surface area contributed by atoms with Crippen molar-refractivity contribution < 1.29 is 23.8 Å². The van der Waals surface area contributed by atoms with Crippen LogP contribution in [0.1, 0.15) is 13.8 Å². The number of hydrogen-bond acceptors (Lipinski definition) is 7. The van der Waals surface area contributed by atoms with E-state index in [4.69, 9.17) is 19.2 Å². The smallest absolute Gasteiger partial charge is 0.246 e. The van der Waals surface area contributed by atoms with Gasteiger partial charge in [-0.3, -0.25) is 24.4 Å². The minimum Gasteiger partial charge on any atom is -0.497 e. The van der Waals surface area contributed by atoms with Gasteiger partial charge in [-0.25, -0.2) is 4.98 Å². The molecule has 1 fully saturated rings. The molecule has 10 heteroatoms. The molecule has 0 saturated carbocycles. The Morgan fingerprint density at radius 1 is 1.00 bits per heavy atom. The summed E-state index contributed by atoms with van der Waals surface area (Å²) in [6.07, 6.45) is 1.87. The topological polar surface area (TPSA) is 98.2 Å². The Labute approximate surface area is 229 Å². The van der Waals surface area contributed by atoms with Crippen LogP contribution < -0.4 is 14.8 Å². The van der Waals surface area contributed by atoms with Gasteiger partial charge in [0.1, 0.15) is 11.5 Å². The highest BCUT2D eigenvalue weighted by Gasteiger charge is 2.23. The summed E-state index contributed by atoms with van der Waals surface area (Å²) in [5, 5.41) is 2.94. The van der Waals surface area contributed by atoms with Gasteiger partial charge in [-0.05, 0) is 48.5 Å². The number of rotatable bonds is 11. The number of carbonyl (C=O) groups excluding carboxylic acids is 2. The molecule has 0 radical (unpaired) electrons. The minimum atomic E-state index is -0.312. The van der Waals surface area contributed by atoms with Crippen LogP contribution in [0, 0.1) is 5.92 Å². The number of morpholine rings is 1. The quantitative estimate of drug-likeness (QED) is 0.402. The van der Waals surface area contributed by atoms with E-state index in [2.05, 4.69) is 10.2 Å². The first kappa shape index (κ1) is 28.1. The van der Waals surface area contributed by atoms with Crippen LogP contribution in [-0.2, 0) is 14.3 Å². The summed E-state index contributed by atoms with van der Waals surface area (Å²) in [6, 6.07) is 15.1. The third-order valence-corrected chi connectivity index (χ3v) is 6.62. The van der Waals surface area contributed by atoms with Gasteiger partial charge in [-0.1, -0.05) is 13.8 Å². The molecular weight excluding hydrogens is 498 g/mol. The van der Waals surface area contributed by atoms with Gasteiger partial charge in [0, 0.05) is 49.5 Å². The highest BCUT2D eigenvalue weighted by molar-refractivity contribution is 5.94. The van der Waals surface area contributed by atoms with Gasteiger partial charge in [-0.2, -0.15) is 0 Å². The van der Waals surface area contributed by atoms with Gasteiger partial charge >= 0.3 is 0 Å². The fourth-order valence-corrected chi connectivity index (χ4v) is 4.37. The fraction of sp³-hybridized carbons (Fsp3) is 0.414. The molecule has 0 bridgehead atoms. The number of carbonyl (C=O) groups is 2. The summed E-state index contributed by atoms with van der Waals surface area (Å²) in [6.45, 7) is 7.80. The van der Waals surface area contributed by atoms with Crippen molar-refractivity contribution in [3.63, 3.8) is 0 Å². The molecular formula is C29H37N5O5. The van der Waals surface area contributed by atoms with Crippen LogP contribution in [0.3, 0.4) is 0 Å². The van der Waals surface area contributed by atoms with Crippen molar-refractivity contribution in [2.75, 3.05) is 65.5 Å². The molecule has 4 rings (SSSR count). The lowest BCUT2D eigenvalue weighted by Gasteiger charge is -2.30. The molecule has 39 heavy (non-hydrogen) atoms. The summed E-state index contributed by atoms with van der Waals surface area (Å²) in [5.74, 6) is 1.24. The van der Waals surface area contributed by atoms with Crippen molar-refractivity contribution in [2.24, 2.45) is 5.92 Å². The van der Waals surface area contributed by atoms with E-state index in [1.807, 2.05) is 73.1 Å². The number of anilines is 1. The van der Waals surface area contributed by atoms with E-state index in [0.29, 0.717) is 37.9 Å². The highest BCUT2D eigenvalue weighted by atomic mass is 16.5. The first-order valence-electron chi connectivity index (χ1n) is 13.1. The molecule has 1 aliphatic rings. The standard InChI is InChI=1S/C29H37N5O5/c1-21(2)28(36)33(14-13-32-15-17-39-18-16-32)20-27(35)31-29-30-26(22-5-9-24(37-3)10-6-22)19-34(29)23-7-11-25(38-4)12-8-23/h5-12,19,21H,13-18,20H2,1-4H3,(H,30,31,35). The maximum absolute atomic E-state index is 13.3. The van der Waals surface area contributed by atoms with Gasteiger partial charge in [0.25, 0.3) is 0 Å². The average molecular weight is 536 g/mol. The van der Waals surface area contributed by atoms with E-state index in [9.17, 15) is 9.59 Å². The Balaban J connectivity index is 1.55. The Morgan fingerprint density at radius 3 is 2.21 bits per heavy atom. The molecule has 2 aromatic carbocycles. The van der Waals surface area contributed by atoms with E-state index in [1.54, 1.807) is 19.1 Å². The van der Waals surface area contributed by atoms with E-state index < -0.39 is 0 Å². The van der Waals surface area contributed by atoms with Crippen LogP contribution in [0.25, 0.3) is 16.9 Å². The van der Waals surface area contributed by atoms with E-state index in [1.165, 1.54) is 0 Å². The maximum Gasteiger partial charge on any atom is 0.246 e. The van der Waals surface area contributed by atoms with Crippen LogP contribution in [0.5, 0.6) is 11.5 Å². The fourth-order valence-electron chi connectivity index (χ4n) is 4.37. The molecule has 0 atom stereocenters. The first-order chi connectivity index (χ1) is 18.9. The summed E-state index contributed by atoms with van der Waals surface area (Å²) in [5.41, 5.74) is 2.37. The zero-order valence-corrected chi connectivity index (χ0v) is 23.1. The molecule has 0 aliphatic carbocycles. The molecule has 2 amide bonds. The Bertz CT molecular complexity index is 1230. The van der Waals surface area contributed by atoms with Crippen LogP contribution in [-0.4, -0.2) is 91.3 Å². The highest BCUT2D eigenvalue weighted by Crippen LogP contribution is 2.27. The predicted molar refractivity (Wildman–Crippen MR) is 149 cm³/mol. The van der Waals surface area contributed by atoms with Crippen molar-refractivity contribution >= 4 is 17.8 Å². The molecule has 1 saturated heterocycles. The first-order valence-corrected chi connectivity index (χ1v) is 13.1. The third kappa shape index (κ3) is 7.36. The zero-order chi connectivity index (χ0) is 27.8. The van der Waals surface area contributed by atoms with Crippen molar-refractivity contribution in [1.82, 2.24) is 19.4 Å². The second-order valence-electron chi connectivity index (χ2n) is 9.66.